The third-order valence-corrected chi connectivity index (χ3v) is 5.80. The van der Waals surface area contributed by atoms with Crippen LogP contribution in [0.1, 0.15) is 39.5 Å². The monoisotopic (exact) mass is 288 g/mol. The number of hydrogen-bond donors (Lipinski definition) is 2. The Balaban J connectivity index is 1.79. The molecule has 2 unspecified atom stereocenters. The molecule has 110 valence electrons. The smallest absolute Gasteiger partial charge is 0.221 e. The fraction of sp³-hybridized carbons (Fsp3) is 0.923. The van der Waals surface area contributed by atoms with Gasteiger partial charge in [-0.3, -0.25) is 4.79 Å². The molecule has 2 fully saturated rings. The van der Waals surface area contributed by atoms with Crippen LogP contribution >= 0.6 is 0 Å². The molecular weight excluding hydrogens is 264 g/mol. The second-order valence-electron chi connectivity index (χ2n) is 6.64. The maximum atomic E-state index is 11.9. The van der Waals surface area contributed by atoms with Crippen molar-refractivity contribution in [3.63, 3.8) is 0 Å². The number of rotatable bonds is 3. The number of amides is 1. The van der Waals surface area contributed by atoms with Crippen molar-refractivity contribution in [1.82, 2.24) is 10.6 Å². The van der Waals surface area contributed by atoms with Crippen LogP contribution in [0.2, 0.25) is 0 Å². The lowest BCUT2D eigenvalue weighted by molar-refractivity contribution is -0.122. The molecule has 0 spiro atoms. The average Bonchev–Trinajstić information content (AvgIpc) is 2.56. The van der Waals surface area contributed by atoms with E-state index in [-0.39, 0.29) is 35.9 Å². The maximum absolute atomic E-state index is 11.9. The summed E-state index contributed by atoms with van der Waals surface area (Å²) in [7, 11) is -2.97. The summed E-state index contributed by atoms with van der Waals surface area (Å²) in [5.41, 5.74) is 0.310. The lowest BCUT2D eigenvalue weighted by Gasteiger charge is -2.24. The first-order valence-corrected chi connectivity index (χ1v) is 8.81. The van der Waals surface area contributed by atoms with Gasteiger partial charge in [-0.25, -0.2) is 8.42 Å². The Hall–Kier alpha value is -0.620. The Bertz CT molecular complexity index is 445. The molecule has 0 aromatic carbocycles. The van der Waals surface area contributed by atoms with Gasteiger partial charge in [-0.15, -0.1) is 0 Å². The van der Waals surface area contributed by atoms with Gasteiger partial charge in [0.25, 0.3) is 0 Å². The number of carbonyl (C=O) groups is 1. The standard InChI is InChI=1S/C13H24N2O3S/c1-13(2)4-3-10(8-13)15-12(16)7-11-9-19(17,18)6-5-14-11/h10-11,14H,3-9H2,1-2H3,(H,15,16). The Morgan fingerprint density at radius 1 is 1.42 bits per heavy atom. The number of sulfone groups is 1. The van der Waals surface area contributed by atoms with Crippen molar-refractivity contribution in [2.24, 2.45) is 5.41 Å². The highest BCUT2D eigenvalue weighted by molar-refractivity contribution is 7.91. The molecule has 1 aliphatic heterocycles. The summed E-state index contributed by atoms with van der Waals surface area (Å²) in [5, 5.41) is 6.14. The molecule has 5 nitrogen and oxygen atoms in total. The topological polar surface area (TPSA) is 75.3 Å². The molecular formula is C13H24N2O3S. The van der Waals surface area contributed by atoms with Crippen LogP contribution in [0, 0.1) is 5.41 Å². The van der Waals surface area contributed by atoms with Crippen LogP contribution in [0.5, 0.6) is 0 Å². The van der Waals surface area contributed by atoms with Crippen molar-refractivity contribution >= 4 is 15.7 Å². The molecule has 2 atom stereocenters. The first-order chi connectivity index (χ1) is 8.76. The van der Waals surface area contributed by atoms with Crippen molar-refractivity contribution in [2.75, 3.05) is 18.1 Å². The first kappa shape index (κ1) is 14.8. The lowest BCUT2D eigenvalue weighted by Crippen LogP contribution is -2.48. The Kier molecular flexibility index (Phi) is 4.20. The van der Waals surface area contributed by atoms with Crippen LogP contribution < -0.4 is 10.6 Å². The van der Waals surface area contributed by atoms with Crippen molar-refractivity contribution in [2.45, 2.75) is 51.6 Å². The maximum Gasteiger partial charge on any atom is 0.221 e. The van der Waals surface area contributed by atoms with Gasteiger partial charge in [-0.1, -0.05) is 13.8 Å². The molecule has 1 saturated heterocycles. The van der Waals surface area contributed by atoms with E-state index in [9.17, 15) is 13.2 Å². The zero-order chi connectivity index (χ0) is 14.1. The normalized spacial score (nSPS) is 32.9. The predicted molar refractivity (Wildman–Crippen MR) is 74.6 cm³/mol. The Labute approximate surface area is 115 Å². The third kappa shape index (κ3) is 4.45. The zero-order valence-electron chi connectivity index (χ0n) is 11.7. The molecule has 2 N–H and O–H groups in total. The second kappa shape index (κ2) is 5.40. The highest BCUT2D eigenvalue weighted by Crippen LogP contribution is 2.36. The van der Waals surface area contributed by atoms with Crippen LogP contribution in [0.3, 0.4) is 0 Å². The average molecular weight is 288 g/mol. The summed E-state index contributed by atoms with van der Waals surface area (Å²) in [6.45, 7) is 4.89. The molecule has 1 amide bonds. The summed E-state index contributed by atoms with van der Waals surface area (Å²) in [6.07, 6.45) is 3.43. The summed E-state index contributed by atoms with van der Waals surface area (Å²) in [4.78, 5) is 11.9. The van der Waals surface area contributed by atoms with Gasteiger partial charge in [0.15, 0.2) is 9.84 Å². The summed E-state index contributed by atoms with van der Waals surface area (Å²) in [5.74, 6) is 0.232. The number of nitrogens with one attached hydrogen (secondary N) is 2. The Morgan fingerprint density at radius 3 is 2.74 bits per heavy atom. The Morgan fingerprint density at radius 2 is 2.16 bits per heavy atom. The molecule has 2 rings (SSSR count). The molecule has 6 heteroatoms. The van der Waals surface area contributed by atoms with Crippen molar-refractivity contribution in [3.8, 4) is 0 Å². The molecule has 1 heterocycles. The van der Waals surface area contributed by atoms with E-state index in [0.717, 1.165) is 19.3 Å². The SMILES string of the molecule is CC1(C)CCC(NC(=O)CC2CS(=O)(=O)CCN2)C1. The van der Waals surface area contributed by atoms with Crippen LogP contribution in [0.15, 0.2) is 0 Å². The van der Waals surface area contributed by atoms with Gasteiger partial charge >= 0.3 is 0 Å². The molecule has 1 aliphatic carbocycles. The van der Waals surface area contributed by atoms with Crippen LogP contribution in [0.25, 0.3) is 0 Å². The summed E-state index contributed by atoms with van der Waals surface area (Å²) in [6, 6.07) is 0.0239. The van der Waals surface area contributed by atoms with Crippen molar-refractivity contribution in [3.05, 3.63) is 0 Å². The lowest BCUT2D eigenvalue weighted by atomic mass is 9.92. The molecule has 0 bridgehead atoms. The largest absolute Gasteiger partial charge is 0.353 e. The van der Waals surface area contributed by atoms with Crippen molar-refractivity contribution in [1.29, 1.82) is 0 Å². The summed E-state index contributed by atoms with van der Waals surface area (Å²) < 4.78 is 23.0. The van der Waals surface area contributed by atoms with Gasteiger partial charge in [-0.05, 0) is 24.7 Å². The molecule has 2 aliphatic rings. The fourth-order valence-electron chi connectivity index (χ4n) is 3.07. The van der Waals surface area contributed by atoms with Crippen LogP contribution in [0.4, 0.5) is 0 Å². The first-order valence-electron chi connectivity index (χ1n) is 6.99. The number of hydrogen-bond acceptors (Lipinski definition) is 4. The van der Waals surface area contributed by atoms with E-state index in [4.69, 9.17) is 0 Å². The van der Waals surface area contributed by atoms with E-state index in [1.54, 1.807) is 0 Å². The minimum Gasteiger partial charge on any atom is -0.353 e. The predicted octanol–water partition coefficient (Wildman–Crippen LogP) is 0.458. The zero-order valence-corrected chi connectivity index (χ0v) is 12.6. The molecule has 0 aromatic rings. The van der Waals surface area contributed by atoms with Crippen molar-refractivity contribution < 1.29 is 13.2 Å². The van der Waals surface area contributed by atoms with E-state index in [0.29, 0.717) is 12.0 Å². The molecule has 0 aromatic heterocycles. The minimum atomic E-state index is -2.97. The van der Waals surface area contributed by atoms with Gasteiger partial charge in [0, 0.05) is 25.0 Å². The summed E-state index contributed by atoms with van der Waals surface area (Å²) >= 11 is 0. The minimum absolute atomic E-state index is 0.0303. The molecule has 1 saturated carbocycles. The van der Waals surface area contributed by atoms with E-state index in [2.05, 4.69) is 24.5 Å². The van der Waals surface area contributed by atoms with Gasteiger partial charge in [0.1, 0.15) is 0 Å². The second-order valence-corrected chi connectivity index (χ2v) is 8.87. The highest BCUT2D eigenvalue weighted by Gasteiger charge is 2.32. The van der Waals surface area contributed by atoms with Gasteiger partial charge in [0.05, 0.1) is 11.5 Å². The van der Waals surface area contributed by atoms with E-state index < -0.39 is 9.84 Å². The van der Waals surface area contributed by atoms with Crippen LogP contribution in [-0.4, -0.2) is 44.5 Å². The molecule has 0 radical (unpaired) electrons. The fourth-order valence-corrected chi connectivity index (χ4v) is 4.51. The highest BCUT2D eigenvalue weighted by atomic mass is 32.2. The number of carbonyl (C=O) groups excluding carboxylic acids is 1. The van der Waals surface area contributed by atoms with Gasteiger partial charge in [0.2, 0.25) is 5.91 Å². The van der Waals surface area contributed by atoms with Crippen LogP contribution in [-0.2, 0) is 14.6 Å². The van der Waals surface area contributed by atoms with E-state index in [1.165, 1.54) is 0 Å². The third-order valence-electron chi connectivity index (χ3n) is 4.07. The van der Waals surface area contributed by atoms with Gasteiger partial charge in [-0.2, -0.15) is 0 Å². The quantitative estimate of drug-likeness (QED) is 0.791. The van der Waals surface area contributed by atoms with E-state index in [1.807, 2.05) is 0 Å². The van der Waals surface area contributed by atoms with E-state index >= 15 is 0 Å². The molecule has 19 heavy (non-hydrogen) atoms. The van der Waals surface area contributed by atoms with Gasteiger partial charge < -0.3 is 10.6 Å².